The molecule has 0 aliphatic heterocycles. The second kappa shape index (κ2) is 3.98. The van der Waals surface area contributed by atoms with Gasteiger partial charge < -0.3 is 10.4 Å². The number of hydrogen-bond acceptors (Lipinski definition) is 4. The highest BCUT2D eigenvalue weighted by molar-refractivity contribution is 7.11. The summed E-state index contributed by atoms with van der Waals surface area (Å²) in [5.41, 5.74) is 0.945. The van der Waals surface area contributed by atoms with E-state index in [4.69, 9.17) is 0 Å². The Kier molecular flexibility index (Phi) is 3.20. The second-order valence-corrected chi connectivity index (χ2v) is 3.99. The van der Waals surface area contributed by atoms with Gasteiger partial charge in [-0.15, -0.1) is 11.3 Å². The van der Waals surface area contributed by atoms with Gasteiger partial charge in [0.2, 0.25) is 0 Å². The SMILES string of the molecule is CNCC(O)c1sc(C)nc1C. The average molecular weight is 186 g/mol. The number of likely N-dealkylation sites (N-methyl/N-ethyl adjacent to an activating group) is 1. The van der Waals surface area contributed by atoms with Crippen LogP contribution in [0, 0.1) is 13.8 Å². The quantitative estimate of drug-likeness (QED) is 0.740. The summed E-state index contributed by atoms with van der Waals surface area (Å²) in [7, 11) is 1.83. The van der Waals surface area contributed by atoms with Crippen molar-refractivity contribution in [3.05, 3.63) is 15.6 Å². The van der Waals surface area contributed by atoms with Gasteiger partial charge in [-0.25, -0.2) is 4.98 Å². The van der Waals surface area contributed by atoms with Gasteiger partial charge in [0, 0.05) is 6.54 Å². The smallest absolute Gasteiger partial charge is 0.102 e. The zero-order chi connectivity index (χ0) is 9.14. The fourth-order valence-electron chi connectivity index (χ4n) is 1.14. The van der Waals surface area contributed by atoms with E-state index in [2.05, 4.69) is 10.3 Å². The van der Waals surface area contributed by atoms with E-state index in [1.165, 1.54) is 0 Å². The lowest BCUT2D eigenvalue weighted by Crippen LogP contribution is -2.16. The van der Waals surface area contributed by atoms with Crippen LogP contribution in [0.1, 0.15) is 21.7 Å². The summed E-state index contributed by atoms with van der Waals surface area (Å²) in [5.74, 6) is 0. The van der Waals surface area contributed by atoms with Gasteiger partial charge in [-0.05, 0) is 20.9 Å². The maximum Gasteiger partial charge on any atom is 0.102 e. The molecule has 0 aliphatic rings. The third-order valence-corrected chi connectivity index (χ3v) is 2.81. The molecule has 0 spiro atoms. The number of nitrogens with one attached hydrogen (secondary N) is 1. The first-order valence-corrected chi connectivity index (χ1v) is 4.73. The van der Waals surface area contributed by atoms with Crippen LogP contribution in [0.25, 0.3) is 0 Å². The molecule has 0 saturated heterocycles. The molecule has 0 radical (unpaired) electrons. The Bertz CT molecular complexity index is 260. The Morgan fingerprint density at radius 2 is 2.25 bits per heavy atom. The number of rotatable bonds is 3. The second-order valence-electron chi connectivity index (χ2n) is 2.76. The molecule has 68 valence electrons. The number of nitrogens with zero attached hydrogens (tertiary/aromatic N) is 1. The number of thiazole rings is 1. The van der Waals surface area contributed by atoms with Crippen molar-refractivity contribution in [2.75, 3.05) is 13.6 Å². The van der Waals surface area contributed by atoms with Crippen molar-refractivity contribution < 1.29 is 5.11 Å². The molecule has 1 atom stereocenters. The van der Waals surface area contributed by atoms with Gasteiger partial charge >= 0.3 is 0 Å². The predicted octanol–water partition coefficient (Wildman–Crippen LogP) is 1.01. The molecular weight excluding hydrogens is 172 g/mol. The fraction of sp³-hybridized carbons (Fsp3) is 0.625. The van der Waals surface area contributed by atoms with E-state index in [0.717, 1.165) is 15.6 Å². The summed E-state index contributed by atoms with van der Waals surface area (Å²) in [4.78, 5) is 5.22. The van der Waals surface area contributed by atoms with E-state index in [9.17, 15) is 5.11 Å². The molecular formula is C8H14N2OS. The molecule has 0 saturated carbocycles. The van der Waals surface area contributed by atoms with Crippen molar-refractivity contribution >= 4 is 11.3 Å². The molecule has 0 aromatic carbocycles. The summed E-state index contributed by atoms with van der Waals surface area (Å²) in [5, 5.41) is 13.6. The largest absolute Gasteiger partial charge is 0.386 e. The Hall–Kier alpha value is -0.450. The number of aryl methyl sites for hydroxylation is 2. The van der Waals surface area contributed by atoms with Gasteiger partial charge in [0.1, 0.15) is 6.10 Å². The summed E-state index contributed by atoms with van der Waals surface area (Å²) in [6.45, 7) is 4.47. The molecule has 2 N–H and O–H groups in total. The van der Waals surface area contributed by atoms with E-state index in [1.54, 1.807) is 11.3 Å². The number of aromatic nitrogens is 1. The lowest BCUT2D eigenvalue weighted by Gasteiger charge is -2.07. The Labute approximate surface area is 76.5 Å². The third kappa shape index (κ3) is 2.03. The molecule has 0 bridgehead atoms. The molecule has 12 heavy (non-hydrogen) atoms. The number of aliphatic hydroxyl groups excluding tert-OH is 1. The molecule has 1 unspecified atom stereocenters. The van der Waals surface area contributed by atoms with Crippen molar-refractivity contribution in [3.63, 3.8) is 0 Å². The molecule has 4 heteroatoms. The maximum atomic E-state index is 9.62. The normalized spacial score (nSPS) is 13.3. The van der Waals surface area contributed by atoms with Gasteiger partial charge in [-0.3, -0.25) is 0 Å². The van der Waals surface area contributed by atoms with Crippen LogP contribution in [0.4, 0.5) is 0 Å². The summed E-state index contributed by atoms with van der Waals surface area (Å²) in [6.07, 6.45) is -0.416. The summed E-state index contributed by atoms with van der Waals surface area (Å²) < 4.78 is 0. The highest BCUT2D eigenvalue weighted by Gasteiger charge is 2.13. The Balaban J connectivity index is 2.79. The molecule has 0 amide bonds. The minimum absolute atomic E-state index is 0.416. The van der Waals surface area contributed by atoms with E-state index in [0.29, 0.717) is 6.54 Å². The van der Waals surface area contributed by atoms with Crippen LogP contribution in [-0.4, -0.2) is 23.7 Å². The van der Waals surface area contributed by atoms with Crippen LogP contribution in [0.5, 0.6) is 0 Å². The molecule has 0 fully saturated rings. The fourth-order valence-corrected chi connectivity index (χ4v) is 2.06. The third-order valence-electron chi connectivity index (χ3n) is 1.64. The molecule has 1 heterocycles. The first-order valence-electron chi connectivity index (χ1n) is 3.91. The predicted molar refractivity (Wildman–Crippen MR) is 50.5 cm³/mol. The number of aliphatic hydroxyl groups is 1. The average Bonchev–Trinajstić information content (AvgIpc) is 2.30. The van der Waals surface area contributed by atoms with Crippen molar-refractivity contribution in [3.8, 4) is 0 Å². The van der Waals surface area contributed by atoms with Gasteiger partial charge in [-0.2, -0.15) is 0 Å². The molecule has 0 aliphatic carbocycles. The zero-order valence-corrected chi connectivity index (χ0v) is 8.40. The zero-order valence-electron chi connectivity index (χ0n) is 7.59. The number of hydrogen-bond donors (Lipinski definition) is 2. The Morgan fingerprint density at radius 1 is 1.58 bits per heavy atom. The highest BCUT2D eigenvalue weighted by atomic mass is 32.1. The lowest BCUT2D eigenvalue weighted by molar-refractivity contribution is 0.180. The molecule has 3 nitrogen and oxygen atoms in total. The van der Waals surface area contributed by atoms with Crippen LogP contribution < -0.4 is 5.32 Å². The van der Waals surface area contributed by atoms with Crippen LogP contribution in [0.3, 0.4) is 0 Å². The minimum atomic E-state index is -0.416. The molecule has 1 rings (SSSR count). The molecule has 1 aromatic rings. The molecule has 1 aromatic heterocycles. The minimum Gasteiger partial charge on any atom is -0.386 e. The van der Waals surface area contributed by atoms with E-state index >= 15 is 0 Å². The first-order chi connectivity index (χ1) is 5.65. The van der Waals surface area contributed by atoms with Gasteiger partial charge in [0.15, 0.2) is 0 Å². The maximum absolute atomic E-state index is 9.62. The summed E-state index contributed by atoms with van der Waals surface area (Å²) in [6, 6.07) is 0. The van der Waals surface area contributed by atoms with Gasteiger partial charge in [0.25, 0.3) is 0 Å². The van der Waals surface area contributed by atoms with Crippen LogP contribution in [0.15, 0.2) is 0 Å². The van der Waals surface area contributed by atoms with Crippen LogP contribution >= 0.6 is 11.3 Å². The van der Waals surface area contributed by atoms with Crippen LogP contribution in [-0.2, 0) is 0 Å². The Morgan fingerprint density at radius 3 is 2.67 bits per heavy atom. The van der Waals surface area contributed by atoms with Crippen molar-refractivity contribution in [2.45, 2.75) is 20.0 Å². The topological polar surface area (TPSA) is 45.1 Å². The van der Waals surface area contributed by atoms with Crippen molar-refractivity contribution in [1.82, 2.24) is 10.3 Å². The van der Waals surface area contributed by atoms with Gasteiger partial charge in [-0.1, -0.05) is 0 Å². The first kappa shape index (κ1) is 9.64. The highest BCUT2D eigenvalue weighted by Crippen LogP contribution is 2.23. The van der Waals surface area contributed by atoms with Crippen LogP contribution in [0.2, 0.25) is 0 Å². The monoisotopic (exact) mass is 186 g/mol. The van der Waals surface area contributed by atoms with E-state index in [1.807, 2.05) is 20.9 Å². The van der Waals surface area contributed by atoms with E-state index < -0.39 is 6.10 Å². The standard InChI is InChI=1S/C8H14N2OS/c1-5-8(7(11)4-9-3)12-6(2)10-5/h7,9,11H,4H2,1-3H3. The van der Waals surface area contributed by atoms with Crippen molar-refractivity contribution in [1.29, 1.82) is 0 Å². The van der Waals surface area contributed by atoms with Gasteiger partial charge in [0.05, 0.1) is 15.6 Å². The van der Waals surface area contributed by atoms with E-state index in [-0.39, 0.29) is 0 Å². The summed E-state index contributed by atoms with van der Waals surface area (Å²) >= 11 is 1.56. The lowest BCUT2D eigenvalue weighted by atomic mass is 10.2. The van der Waals surface area contributed by atoms with Crippen molar-refractivity contribution in [2.24, 2.45) is 0 Å².